The molecule has 0 aliphatic rings. The maximum absolute atomic E-state index is 12.2. The van der Waals surface area contributed by atoms with Gasteiger partial charge in [0.25, 0.3) is 0 Å². The van der Waals surface area contributed by atoms with Gasteiger partial charge in [-0.1, -0.05) is 23.7 Å². The van der Waals surface area contributed by atoms with E-state index in [-0.39, 0.29) is 18.9 Å². The fourth-order valence-corrected chi connectivity index (χ4v) is 3.89. The molecular weight excluding hydrogens is 372 g/mol. The van der Waals surface area contributed by atoms with E-state index in [1.54, 1.807) is 24.3 Å². The van der Waals surface area contributed by atoms with Gasteiger partial charge in [0.05, 0.1) is 11.9 Å². The molecular formula is C19H23ClN2O3S. The molecule has 0 aliphatic carbocycles. The molecule has 5 nitrogen and oxygen atoms in total. The number of rotatable bonds is 7. The zero-order valence-corrected chi connectivity index (χ0v) is 16.7. The minimum absolute atomic E-state index is 0.179. The summed E-state index contributed by atoms with van der Waals surface area (Å²) in [5, 5.41) is 3.30. The molecule has 7 heteroatoms. The van der Waals surface area contributed by atoms with Gasteiger partial charge in [0, 0.05) is 23.7 Å². The maximum Gasteiger partial charge on any atom is 0.232 e. The number of nitrogens with one attached hydrogen (secondary N) is 1. The van der Waals surface area contributed by atoms with Gasteiger partial charge in [-0.25, -0.2) is 8.42 Å². The number of amides is 1. The molecule has 26 heavy (non-hydrogen) atoms. The second kappa shape index (κ2) is 8.56. The molecule has 0 saturated heterocycles. The van der Waals surface area contributed by atoms with Crippen LogP contribution < -0.4 is 9.62 Å². The van der Waals surface area contributed by atoms with Crippen LogP contribution in [0.1, 0.15) is 24.0 Å². The van der Waals surface area contributed by atoms with Crippen molar-refractivity contribution in [1.82, 2.24) is 0 Å². The zero-order chi connectivity index (χ0) is 19.3. The summed E-state index contributed by atoms with van der Waals surface area (Å²) < 4.78 is 25.7. The second-order valence-corrected chi connectivity index (χ2v) is 8.69. The highest BCUT2D eigenvalue weighted by molar-refractivity contribution is 7.92. The first-order valence-corrected chi connectivity index (χ1v) is 10.5. The molecule has 0 fully saturated rings. The van der Waals surface area contributed by atoms with Crippen LogP contribution in [0.2, 0.25) is 5.02 Å². The van der Waals surface area contributed by atoms with Crippen molar-refractivity contribution in [2.75, 3.05) is 22.4 Å². The summed E-state index contributed by atoms with van der Waals surface area (Å²) in [6.45, 7) is 4.09. The summed E-state index contributed by atoms with van der Waals surface area (Å²) in [6, 6.07) is 12.6. The molecule has 0 spiro atoms. The fraction of sp³-hybridized carbons (Fsp3) is 0.316. The number of hydrogen-bond acceptors (Lipinski definition) is 3. The lowest BCUT2D eigenvalue weighted by atomic mass is 10.1. The summed E-state index contributed by atoms with van der Waals surface area (Å²) in [5.74, 6) is -0.179. The van der Waals surface area contributed by atoms with Gasteiger partial charge in [-0.05, 0) is 61.7 Å². The van der Waals surface area contributed by atoms with Crippen LogP contribution in [0.3, 0.4) is 0 Å². The van der Waals surface area contributed by atoms with E-state index in [2.05, 4.69) is 5.32 Å². The highest BCUT2D eigenvalue weighted by atomic mass is 35.5. The molecule has 0 atom stereocenters. The number of carbonyl (C=O) groups is 1. The Morgan fingerprint density at radius 2 is 1.77 bits per heavy atom. The van der Waals surface area contributed by atoms with E-state index in [0.29, 0.717) is 22.8 Å². The number of carbonyl (C=O) groups excluding carboxylic acids is 1. The first-order chi connectivity index (χ1) is 12.1. The van der Waals surface area contributed by atoms with Gasteiger partial charge in [0.15, 0.2) is 0 Å². The fourth-order valence-electron chi connectivity index (χ4n) is 2.75. The smallest absolute Gasteiger partial charge is 0.232 e. The van der Waals surface area contributed by atoms with E-state index in [4.69, 9.17) is 11.6 Å². The monoisotopic (exact) mass is 394 g/mol. The van der Waals surface area contributed by atoms with Crippen molar-refractivity contribution < 1.29 is 13.2 Å². The Morgan fingerprint density at radius 1 is 1.12 bits per heavy atom. The number of aryl methyl sites for hydroxylation is 2. The van der Waals surface area contributed by atoms with Gasteiger partial charge in [-0.2, -0.15) is 0 Å². The summed E-state index contributed by atoms with van der Waals surface area (Å²) in [4.78, 5) is 12.1. The normalized spacial score (nSPS) is 11.2. The quantitative estimate of drug-likeness (QED) is 0.767. The first kappa shape index (κ1) is 20.3. The van der Waals surface area contributed by atoms with E-state index < -0.39 is 10.0 Å². The van der Waals surface area contributed by atoms with Gasteiger partial charge in [-0.15, -0.1) is 0 Å². The van der Waals surface area contributed by atoms with Crippen LogP contribution in [0.5, 0.6) is 0 Å². The molecule has 0 aliphatic heterocycles. The van der Waals surface area contributed by atoms with Crippen LogP contribution in [0.4, 0.5) is 11.4 Å². The summed E-state index contributed by atoms with van der Waals surface area (Å²) in [6.07, 6.45) is 1.80. The van der Waals surface area contributed by atoms with Gasteiger partial charge in [0.1, 0.15) is 0 Å². The SMILES string of the molecule is Cc1cc(C)cc(N(CCCC(=O)Nc2cccc(Cl)c2)S(C)(=O)=O)c1. The van der Waals surface area contributed by atoms with Crippen molar-refractivity contribution in [2.45, 2.75) is 26.7 Å². The topological polar surface area (TPSA) is 66.5 Å². The molecule has 0 radical (unpaired) electrons. The summed E-state index contributed by atoms with van der Waals surface area (Å²) >= 11 is 5.89. The zero-order valence-electron chi connectivity index (χ0n) is 15.1. The van der Waals surface area contributed by atoms with Crippen LogP contribution in [-0.4, -0.2) is 27.1 Å². The van der Waals surface area contributed by atoms with Crippen molar-refractivity contribution in [1.29, 1.82) is 0 Å². The van der Waals surface area contributed by atoms with Crippen molar-refractivity contribution in [3.8, 4) is 0 Å². The lowest BCUT2D eigenvalue weighted by molar-refractivity contribution is -0.116. The summed E-state index contributed by atoms with van der Waals surface area (Å²) in [5.41, 5.74) is 3.23. The Bertz CT molecular complexity index is 877. The highest BCUT2D eigenvalue weighted by Gasteiger charge is 2.18. The Hall–Kier alpha value is -2.05. The average Bonchev–Trinajstić information content (AvgIpc) is 2.49. The molecule has 2 rings (SSSR count). The predicted molar refractivity (Wildman–Crippen MR) is 107 cm³/mol. The lowest BCUT2D eigenvalue weighted by Crippen LogP contribution is -2.31. The minimum Gasteiger partial charge on any atom is -0.326 e. The van der Waals surface area contributed by atoms with Crippen molar-refractivity contribution in [2.24, 2.45) is 0 Å². The lowest BCUT2D eigenvalue weighted by Gasteiger charge is -2.23. The molecule has 0 saturated carbocycles. The van der Waals surface area contributed by atoms with E-state index >= 15 is 0 Å². The number of halogens is 1. The van der Waals surface area contributed by atoms with E-state index in [1.165, 1.54) is 10.6 Å². The number of anilines is 2. The van der Waals surface area contributed by atoms with Crippen molar-refractivity contribution >= 4 is 38.9 Å². The van der Waals surface area contributed by atoms with E-state index in [1.807, 2.05) is 32.0 Å². The number of hydrogen-bond donors (Lipinski definition) is 1. The molecule has 140 valence electrons. The highest BCUT2D eigenvalue weighted by Crippen LogP contribution is 2.22. The number of sulfonamides is 1. The molecule has 0 unspecified atom stereocenters. The molecule has 2 aromatic carbocycles. The molecule has 0 heterocycles. The minimum atomic E-state index is -3.43. The van der Waals surface area contributed by atoms with Crippen molar-refractivity contribution in [3.05, 3.63) is 58.6 Å². The van der Waals surface area contributed by atoms with Gasteiger partial charge < -0.3 is 5.32 Å². The van der Waals surface area contributed by atoms with Crippen LogP contribution in [-0.2, 0) is 14.8 Å². The van der Waals surface area contributed by atoms with Gasteiger partial charge >= 0.3 is 0 Å². The van der Waals surface area contributed by atoms with Crippen LogP contribution in [0, 0.1) is 13.8 Å². The Labute approximate surface area is 160 Å². The third-order valence-electron chi connectivity index (χ3n) is 3.77. The number of nitrogens with zero attached hydrogens (tertiary/aromatic N) is 1. The van der Waals surface area contributed by atoms with Crippen molar-refractivity contribution in [3.63, 3.8) is 0 Å². The van der Waals surface area contributed by atoms with Gasteiger partial charge in [-0.3, -0.25) is 9.10 Å². The standard InChI is InChI=1S/C19H23ClN2O3S/c1-14-10-15(2)12-18(11-14)22(26(3,24)25)9-5-8-19(23)21-17-7-4-6-16(20)13-17/h4,6-7,10-13H,5,8-9H2,1-3H3,(H,21,23). The maximum atomic E-state index is 12.2. The second-order valence-electron chi connectivity index (χ2n) is 6.34. The Balaban J connectivity index is 2.00. The van der Waals surface area contributed by atoms with Crippen LogP contribution in [0.15, 0.2) is 42.5 Å². The Morgan fingerprint density at radius 3 is 2.35 bits per heavy atom. The molecule has 0 bridgehead atoms. The Kier molecular flexibility index (Phi) is 6.67. The molecule has 0 aromatic heterocycles. The van der Waals surface area contributed by atoms with Gasteiger partial charge in [0.2, 0.25) is 15.9 Å². The molecule has 1 amide bonds. The molecule has 2 aromatic rings. The third-order valence-corrected chi connectivity index (χ3v) is 5.20. The largest absolute Gasteiger partial charge is 0.326 e. The third kappa shape index (κ3) is 6.04. The van der Waals surface area contributed by atoms with Crippen LogP contribution >= 0.6 is 11.6 Å². The van der Waals surface area contributed by atoms with Crippen LogP contribution in [0.25, 0.3) is 0 Å². The average molecular weight is 395 g/mol. The van der Waals surface area contributed by atoms with E-state index in [0.717, 1.165) is 11.1 Å². The number of benzene rings is 2. The molecule has 1 N–H and O–H groups in total. The predicted octanol–water partition coefficient (Wildman–Crippen LogP) is 4.14. The first-order valence-electron chi connectivity index (χ1n) is 8.26. The summed E-state index contributed by atoms with van der Waals surface area (Å²) in [7, 11) is -3.43. The van der Waals surface area contributed by atoms with E-state index in [9.17, 15) is 13.2 Å².